The average Bonchev–Trinajstić information content (AvgIpc) is 2.24. The van der Waals surface area contributed by atoms with Gasteiger partial charge in [-0.15, -0.1) is 0 Å². The maximum Gasteiger partial charge on any atom is 0.154 e. The highest BCUT2D eigenvalue weighted by Crippen LogP contribution is 2.22. The quantitative estimate of drug-likeness (QED) is 0.762. The summed E-state index contributed by atoms with van der Waals surface area (Å²) in [6.45, 7) is 3.40. The molecule has 1 rings (SSSR count). The normalized spacial score (nSPS) is 26.5. The van der Waals surface area contributed by atoms with Crippen molar-refractivity contribution in [3.05, 3.63) is 0 Å². The lowest BCUT2D eigenvalue weighted by molar-refractivity contribution is 0.161. The summed E-state index contributed by atoms with van der Waals surface area (Å²) in [6.07, 6.45) is 3.60. The molecule has 1 fully saturated rings. The molecule has 5 heteroatoms. The summed E-state index contributed by atoms with van der Waals surface area (Å²) < 4.78 is 29.1. The Bertz CT molecular complexity index is 290. The molecule has 0 radical (unpaired) electrons. The lowest BCUT2D eigenvalue weighted by Crippen LogP contribution is -2.49. The van der Waals surface area contributed by atoms with Crippen LogP contribution in [0.2, 0.25) is 0 Å². The first-order valence-corrected chi connectivity index (χ1v) is 7.77. The second-order valence-corrected chi connectivity index (χ2v) is 6.76. The van der Waals surface area contributed by atoms with Crippen molar-refractivity contribution >= 4 is 9.84 Å². The van der Waals surface area contributed by atoms with Crippen molar-refractivity contribution in [2.75, 3.05) is 26.0 Å². The highest BCUT2D eigenvalue weighted by Gasteiger charge is 2.35. The van der Waals surface area contributed by atoms with Gasteiger partial charge in [-0.25, -0.2) is 8.42 Å². The molecule has 0 bridgehead atoms. The SMILES string of the molecule is CCCNC(COC)C1CCCCS1(=O)=O. The second kappa shape index (κ2) is 6.57. The minimum atomic E-state index is -2.92. The van der Waals surface area contributed by atoms with Gasteiger partial charge in [-0.3, -0.25) is 0 Å². The summed E-state index contributed by atoms with van der Waals surface area (Å²) >= 11 is 0. The van der Waals surface area contributed by atoms with E-state index in [1.54, 1.807) is 7.11 Å². The molecule has 0 saturated carbocycles. The van der Waals surface area contributed by atoms with Gasteiger partial charge >= 0.3 is 0 Å². The number of sulfone groups is 1. The van der Waals surface area contributed by atoms with Crippen molar-refractivity contribution in [1.82, 2.24) is 5.32 Å². The maximum absolute atomic E-state index is 12.0. The monoisotopic (exact) mass is 249 g/mol. The Labute approximate surface area is 98.7 Å². The number of nitrogens with one attached hydrogen (secondary N) is 1. The molecule has 0 aromatic rings. The van der Waals surface area contributed by atoms with Crippen LogP contribution in [0.3, 0.4) is 0 Å². The minimum Gasteiger partial charge on any atom is -0.383 e. The predicted molar refractivity (Wildman–Crippen MR) is 65.4 cm³/mol. The standard InChI is InChI=1S/C11H23NO3S/c1-3-7-12-10(9-15-2)11-6-4-5-8-16(11,13)14/h10-12H,3-9H2,1-2H3. The largest absolute Gasteiger partial charge is 0.383 e. The van der Waals surface area contributed by atoms with Crippen molar-refractivity contribution in [2.45, 2.75) is 43.9 Å². The lowest BCUT2D eigenvalue weighted by atomic mass is 10.1. The van der Waals surface area contributed by atoms with Crippen molar-refractivity contribution in [3.8, 4) is 0 Å². The predicted octanol–water partition coefficient (Wildman–Crippen LogP) is 0.968. The van der Waals surface area contributed by atoms with E-state index in [0.29, 0.717) is 12.4 Å². The van der Waals surface area contributed by atoms with E-state index in [-0.39, 0.29) is 11.3 Å². The van der Waals surface area contributed by atoms with E-state index in [2.05, 4.69) is 12.2 Å². The number of hydrogen-bond donors (Lipinski definition) is 1. The smallest absolute Gasteiger partial charge is 0.154 e. The Morgan fingerprint density at radius 2 is 2.19 bits per heavy atom. The van der Waals surface area contributed by atoms with Crippen LogP contribution in [0.1, 0.15) is 32.6 Å². The van der Waals surface area contributed by atoms with Crippen LogP contribution >= 0.6 is 0 Å². The van der Waals surface area contributed by atoms with Gasteiger partial charge in [0.2, 0.25) is 0 Å². The second-order valence-electron chi connectivity index (χ2n) is 4.42. The molecular formula is C11H23NO3S. The van der Waals surface area contributed by atoms with Gasteiger partial charge in [0.15, 0.2) is 9.84 Å². The van der Waals surface area contributed by atoms with E-state index in [1.165, 1.54) is 0 Å². The summed E-state index contributed by atoms with van der Waals surface area (Å²) in [5, 5.41) is 3.03. The average molecular weight is 249 g/mol. The summed E-state index contributed by atoms with van der Waals surface area (Å²) in [4.78, 5) is 0. The molecule has 1 aliphatic heterocycles. The van der Waals surface area contributed by atoms with E-state index in [1.807, 2.05) is 0 Å². The topological polar surface area (TPSA) is 55.4 Å². The van der Waals surface area contributed by atoms with Crippen LogP contribution in [-0.2, 0) is 14.6 Å². The van der Waals surface area contributed by atoms with Gasteiger partial charge in [0.25, 0.3) is 0 Å². The van der Waals surface area contributed by atoms with E-state index >= 15 is 0 Å². The third-order valence-electron chi connectivity index (χ3n) is 3.08. The Morgan fingerprint density at radius 1 is 1.44 bits per heavy atom. The molecule has 1 saturated heterocycles. The molecule has 16 heavy (non-hydrogen) atoms. The van der Waals surface area contributed by atoms with Crippen molar-refractivity contribution in [1.29, 1.82) is 0 Å². The van der Waals surface area contributed by atoms with Crippen LogP contribution in [0.25, 0.3) is 0 Å². The van der Waals surface area contributed by atoms with Gasteiger partial charge in [0.1, 0.15) is 0 Å². The number of methoxy groups -OCH3 is 1. The number of rotatable bonds is 6. The van der Waals surface area contributed by atoms with Gasteiger partial charge < -0.3 is 10.1 Å². The van der Waals surface area contributed by atoms with Crippen LogP contribution in [0, 0.1) is 0 Å². The van der Waals surface area contributed by atoms with Crippen LogP contribution in [0.5, 0.6) is 0 Å². The fourth-order valence-corrected chi connectivity index (χ4v) is 4.35. The van der Waals surface area contributed by atoms with Crippen molar-refractivity contribution in [3.63, 3.8) is 0 Å². The molecule has 4 nitrogen and oxygen atoms in total. The molecule has 0 aromatic carbocycles. The summed E-state index contributed by atoms with van der Waals surface area (Å²) in [7, 11) is -1.30. The lowest BCUT2D eigenvalue weighted by Gasteiger charge is -2.30. The fourth-order valence-electron chi connectivity index (χ4n) is 2.24. The first kappa shape index (κ1) is 13.9. The molecule has 96 valence electrons. The van der Waals surface area contributed by atoms with Gasteiger partial charge in [0, 0.05) is 13.2 Å². The van der Waals surface area contributed by atoms with Crippen LogP contribution in [-0.4, -0.2) is 45.7 Å². The zero-order chi connectivity index (χ0) is 12.0. The molecule has 0 amide bonds. The maximum atomic E-state index is 12.0. The highest BCUT2D eigenvalue weighted by atomic mass is 32.2. The molecule has 2 atom stereocenters. The molecule has 0 spiro atoms. The fraction of sp³-hybridized carbons (Fsp3) is 1.00. The molecule has 0 aromatic heterocycles. The Hall–Kier alpha value is -0.130. The minimum absolute atomic E-state index is 0.0461. The molecule has 2 unspecified atom stereocenters. The van der Waals surface area contributed by atoms with Crippen LogP contribution in [0.15, 0.2) is 0 Å². The Morgan fingerprint density at radius 3 is 2.75 bits per heavy atom. The Balaban J connectivity index is 2.67. The van der Waals surface area contributed by atoms with Gasteiger partial charge in [-0.2, -0.15) is 0 Å². The van der Waals surface area contributed by atoms with Gasteiger partial charge in [-0.05, 0) is 25.8 Å². The number of hydrogen-bond acceptors (Lipinski definition) is 4. The summed E-state index contributed by atoms with van der Waals surface area (Å²) in [6, 6.07) is -0.0461. The number of ether oxygens (including phenoxy) is 1. The summed E-state index contributed by atoms with van der Waals surface area (Å²) in [5.74, 6) is 0.339. The highest BCUT2D eigenvalue weighted by molar-refractivity contribution is 7.92. The molecule has 0 aliphatic carbocycles. The third-order valence-corrected chi connectivity index (χ3v) is 5.42. The van der Waals surface area contributed by atoms with E-state index in [4.69, 9.17) is 4.74 Å². The van der Waals surface area contributed by atoms with E-state index < -0.39 is 9.84 Å². The molecule has 1 heterocycles. The third kappa shape index (κ3) is 3.71. The zero-order valence-corrected chi connectivity index (χ0v) is 11.1. The van der Waals surface area contributed by atoms with Crippen molar-refractivity contribution < 1.29 is 13.2 Å². The van der Waals surface area contributed by atoms with Crippen LogP contribution in [0.4, 0.5) is 0 Å². The van der Waals surface area contributed by atoms with Gasteiger partial charge in [-0.1, -0.05) is 13.3 Å². The Kier molecular flexibility index (Phi) is 5.72. The first-order chi connectivity index (χ1) is 7.61. The van der Waals surface area contributed by atoms with Gasteiger partial charge in [0.05, 0.1) is 17.6 Å². The van der Waals surface area contributed by atoms with E-state index in [9.17, 15) is 8.42 Å². The van der Waals surface area contributed by atoms with Crippen molar-refractivity contribution in [2.24, 2.45) is 0 Å². The van der Waals surface area contributed by atoms with Crippen LogP contribution < -0.4 is 5.32 Å². The molecule has 1 N–H and O–H groups in total. The summed E-state index contributed by atoms with van der Waals surface area (Å²) in [5.41, 5.74) is 0. The molecule has 1 aliphatic rings. The molecular weight excluding hydrogens is 226 g/mol. The first-order valence-electron chi connectivity index (χ1n) is 6.05. The van der Waals surface area contributed by atoms with E-state index in [0.717, 1.165) is 32.2 Å². The zero-order valence-electron chi connectivity index (χ0n) is 10.2.